The van der Waals surface area contributed by atoms with Gasteiger partial charge < -0.3 is 25.4 Å². The molecule has 2 bridgehead atoms. The lowest BCUT2D eigenvalue weighted by Gasteiger charge is -2.34. The van der Waals surface area contributed by atoms with Gasteiger partial charge in [0.2, 0.25) is 17.7 Å². The van der Waals surface area contributed by atoms with E-state index in [1.54, 1.807) is 4.90 Å². The summed E-state index contributed by atoms with van der Waals surface area (Å²) in [5, 5.41) is 15.5. The molecule has 1 aromatic carbocycles. The number of aliphatic hydroxyl groups excluding tert-OH is 1. The normalized spacial score (nSPS) is 32.5. The minimum Gasteiger partial charge on any atom is -0.396 e. The first-order valence-corrected chi connectivity index (χ1v) is 12.5. The van der Waals surface area contributed by atoms with Crippen molar-refractivity contribution >= 4 is 17.7 Å². The zero-order valence-corrected chi connectivity index (χ0v) is 20.4. The molecular formula is C26H37N3O5. The minimum absolute atomic E-state index is 0.0260. The van der Waals surface area contributed by atoms with Gasteiger partial charge in [0.1, 0.15) is 11.6 Å². The number of nitrogens with zero attached hydrogens (tertiary/aromatic N) is 1. The van der Waals surface area contributed by atoms with E-state index in [9.17, 15) is 19.5 Å². The maximum atomic E-state index is 13.7. The third-order valence-electron chi connectivity index (χ3n) is 7.78. The molecule has 34 heavy (non-hydrogen) atoms. The van der Waals surface area contributed by atoms with Crippen LogP contribution in [0.4, 0.5) is 0 Å². The van der Waals surface area contributed by atoms with Gasteiger partial charge in [0.25, 0.3) is 0 Å². The Balaban J connectivity index is 1.61. The Morgan fingerprint density at radius 2 is 1.97 bits per heavy atom. The second-order valence-electron chi connectivity index (χ2n) is 10.2. The summed E-state index contributed by atoms with van der Waals surface area (Å²) in [6.45, 7) is 6.46. The molecule has 4 rings (SSSR count). The predicted molar refractivity (Wildman–Crippen MR) is 126 cm³/mol. The maximum Gasteiger partial charge on any atom is 0.246 e. The average molecular weight is 472 g/mol. The summed E-state index contributed by atoms with van der Waals surface area (Å²) < 4.78 is 6.57. The van der Waals surface area contributed by atoms with Crippen LogP contribution in [0.5, 0.6) is 0 Å². The molecule has 6 atom stereocenters. The fraction of sp³-hybridized carbons (Fsp3) is 0.654. The largest absolute Gasteiger partial charge is 0.396 e. The monoisotopic (exact) mass is 471 g/mol. The van der Waals surface area contributed by atoms with Crippen molar-refractivity contribution in [1.82, 2.24) is 15.5 Å². The SMILES string of the molecule is CCCC(C)NC(=O)C1N(CCCO)C(=O)[C@@H]2[C@@H](C(=O)NCc3ccccc3)[C@@]3(C)CCC12O3. The van der Waals surface area contributed by atoms with Crippen molar-refractivity contribution in [3.05, 3.63) is 35.9 Å². The molecule has 0 aliphatic carbocycles. The van der Waals surface area contributed by atoms with Crippen molar-refractivity contribution in [2.45, 2.75) is 82.7 Å². The number of benzene rings is 1. The minimum atomic E-state index is -1.02. The molecule has 0 saturated carbocycles. The fourth-order valence-corrected chi connectivity index (χ4v) is 6.33. The van der Waals surface area contributed by atoms with Gasteiger partial charge in [-0.15, -0.1) is 0 Å². The summed E-state index contributed by atoms with van der Waals surface area (Å²) >= 11 is 0. The van der Waals surface area contributed by atoms with Crippen molar-refractivity contribution in [3.8, 4) is 0 Å². The van der Waals surface area contributed by atoms with Gasteiger partial charge in [-0.25, -0.2) is 0 Å². The van der Waals surface area contributed by atoms with Crippen LogP contribution in [0.1, 0.15) is 58.4 Å². The van der Waals surface area contributed by atoms with Crippen LogP contribution in [0.25, 0.3) is 0 Å². The Bertz CT molecular complexity index is 924. The first-order chi connectivity index (χ1) is 16.3. The van der Waals surface area contributed by atoms with Crippen molar-refractivity contribution in [3.63, 3.8) is 0 Å². The van der Waals surface area contributed by atoms with Crippen LogP contribution in [0.3, 0.4) is 0 Å². The summed E-state index contributed by atoms with van der Waals surface area (Å²) in [6.07, 6.45) is 3.30. The predicted octanol–water partition coefficient (Wildman–Crippen LogP) is 1.75. The first-order valence-electron chi connectivity index (χ1n) is 12.5. The van der Waals surface area contributed by atoms with E-state index < -0.39 is 29.1 Å². The Morgan fingerprint density at radius 3 is 2.65 bits per heavy atom. The average Bonchev–Trinajstić information content (AvgIpc) is 3.37. The molecule has 8 nitrogen and oxygen atoms in total. The number of aliphatic hydroxyl groups is 1. The van der Waals surface area contributed by atoms with E-state index >= 15 is 0 Å². The molecule has 0 aromatic heterocycles. The number of amides is 3. The lowest BCUT2D eigenvalue weighted by atomic mass is 9.66. The van der Waals surface area contributed by atoms with E-state index in [0.29, 0.717) is 25.8 Å². The molecule has 186 valence electrons. The summed E-state index contributed by atoms with van der Waals surface area (Å²) in [7, 11) is 0. The number of hydrogen-bond donors (Lipinski definition) is 3. The summed E-state index contributed by atoms with van der Waals surface area (Å²) in [5.41, 5.74) is -0.839. The Kier molecular flexibility index (Phi) is 7.01. The van der Waals surface area contributed by atoms with Crippen LogP contribution in [0, 0.1) is 11.8 Å². The van der Waals surface area contributed by atoms with Gasteiger partial charge in [0.05, 0.1) is 17.4 Å². The molecule has 3 N–H and O–H groups in total. The van der Waals surface area contributed by atoms with E-state index in [2.05, 4.69) is 17.6 Å². The fourth-order valence-electron chi connectivity index (χ4n) is 6.33. The van der Waals surface area contributed by atoms with Crippen LogP contribution in [0.15, 0.2) is 30.3 Å². The standard InChI is InChI=1S/C26H37N3O5/c1-4-9-17(2)28-23(32)21-26-13-12-25(3,34-26)19(20(26)24(33)29(21)14-8-15-30)22(31)27-16-18-10-6-5-7-11-18/h5-7,10-11,17,19-21,30H,4,8-9,12-16H2,1-3H3,(H,27,31)(H,28,32)/t17?,19-,20-,21?,25+,26?/m0/s1. The highest BCUT2D eigenvalue weighted by Gasteiger charge is 2.77. The number of carbonyl (C=O) groups excluding carboxylic acids is 3. The summed E-state index contributed by atoms with van der Waals surface area (Å²) in [6, 6.07) is 8.81. The molecule has 3 heterocycles. The highest BCUT2D eigenvalue weighted by Crippen LogP contribution is 2.63. The van der Waals surface area contributed by atoms with E-state index in [-0.39, 0.29) is 36.9 Å². The summed E-state index contributed by atoms with van der Waals surface area (Å²) in [4.78, 5) is 42.3. The van der Waals surface area contributed by atoms with E-state index in [1.165, 1.54) is 0 Å². The highest BCUT2D eigenvalue weighted by atomic mass is 16.5. The molecule has 3 saturated heterocycles. The quantitative estimate of drug-likeness (QED) is 0.482. The molecule has 3 aliphatic heterocycles. The third-order valence-corrected chi connectivity index (χ3v) is 7.78. The van der Waals surface area contributed by atoms with Crippen molar-refractivity contribution in [2.75, 3.05) is 13.2 Å². The van der Waals surface area contributed by atoms with Crippen LogP contribution >= 0.6 is 0 Å². The smallest absolute Gasteiger partial charge is 0.246 e. The summed E-state index contributed by atoms with van der Waals surface area (Å²) in [5.74, 6) is -2.05. The van der Waals surface area contributed by atoms with Crippen LogP contribution in [-0.4, -0.2) is 64.2 Å². The zero-order chi connectivity index (χ0) is 24.5. The van der Waals surface area contributed by atoms with Gasteiger partial charge in [-0.2, -0.15) is 0 Å². The Hall–Kier alpha value is -2.45. The topological polar surface area (TPSA) is 108 Å². The van der Waals surface area contributed by atoms with Gasteiger partial charge in [-0.3, -0.25) is 14.4 Å². The zero-order valence-electron chi connectivity index (χ0n) is 20.4. The molecule has 0 radical (unpaired) electrons. The van der Waals surface area contributed by atoms with Gasteiger partial charge in [0.15, 0.2) is 0 Å². The van der Waals surface area contributed by atoms with Gasteiger partial charge in [-0.1, -0.05) is 43.7 Å². The van der Waals surface area contributed by atoms with Crippen LogP contribution in [-0.2, 0) is 25.7 Å². The lowest BCUT2D eigenvalue weighted by Crippen LogP contribution is -2.56. The van der Waals surface area contributed by atoms with Crippen molar-refractivity contribution in [2.24, 2.45) is 11.8 Å². The maximum absolute atomic E-state index is 13.7. The number of carbonyl (C=O) groups is 3. The van der Waals surface area contributed by atoms with Crippen LogP contribution in [0.2, 0.25) is 0 Å². The molecule has 3 unspecified atom stereocenters. The van der Waals surface area contributed by atoms with Gasteiger partial charge in [-0.05, 0) is 45.1 Å². The van der Waals surface area contributed by atoms with Crippen molar-refractivity contribution in [1.29, 1.82) is 0 Å². The second-order valence-corrected chi connectivity index (χ2v) is 10.2. The molecular weight excluding hydrogens is 434 g/mol. The molecule has 1 aromatic rings. The number of likely N-dealkylation sites (tertiary alicyclic amines) is 1. The van der Waals surface area contributed by atoms with Crippen LogP contribution < -0.4 is 10.6 Å². The number of ether oxygens (including phenoxy) is 1. The number of hydrogen-bond acceptors (Lipinski definition) is 5. The van der Waals surface area contributed by atoms with Gasteiger partial charge in [0, 0.05) is 25.7 Å². The second kappa shape index (κ2) is 9.66. The third kappa shape index (κ3) is 4.11. The first kappa shape index (κ1) is 24.7. The number of rotatable bonds is 10. The number of fused-ring (bicyclic) bond motifs is 1. The Morgan fingerprint density at radius 1 is 1.24 bits per heavy atom. The van der Waals surface area contributed by atoms with E-state index in [1.807, 2.05) is 44.2 Å². The van der Waals surface area contributed by atoms with Gasteiger partial charge >= 0.3 is 0 Å². The molecule has 1 spiro atoms. The molecule has 3 fully saturated rings. The number of nitrogens with one attached hydrogen (secondary N) is 2. The molecule has 8 heteroatoms. The molecule has 3 amide bonds. The van der Waals surface area contributed by atoms with E-state index in [4.69, 9.17) is 4.74 Å². The molecule has 3 aliphatic rings. The lowest BCUT2D eigenvalue weighted by molar-refractivity contribution is -0.146. The highest BCUT2D eigenvalue weighted by molar-refractivity contribution is 5.99. The Labute approximate surface area is 201 Å². The van der Waals surface area contributed by atoms with E-state index in [0.717, 1.165) is 18.4 Å². The van der Waals surface area contributed by atoms with Crippen molar-refractivity contribution < 1.29 is 24.2 Å².